The van der Waals surface area contributed by atoms with E-state index in [-0.39, 0.29) is 6.54 Å². The van der Waals surface area contributed by atoms with Gasteiger partial charge in [0, 0.05) is 6.54 Å². The van der Waals surface area contributed by atoms with Gasteiger partial charge in [-0.2, -0.15) is 0 Å². The number of fused-ring (bicyclic) bond motifs is 6. The Hall–Kier alpha value is -3.72. The van der Waals surface area contributed by atoms with Crippen LogP contribution in [0.15, 0.2) is 30.3 Å². The highest BCUT2D eigenvalue weighted by Gasteiger charge is 2.45. The SMILES string of the molecule is COC(=O)CNCC1Cc2c(c3ccc(OC)cc3c3cc(OC)c(OC)cc23)[C@H](C(C)(C)C)N1C(=O)O. The molecule has 2 N–H and O–H groups in total. The maximum Gasteiger partial charge on any atom is 0.408 e. The maximum atomic E-state index is 12.8. The molecule has 0 bridgehead atoms. The quantitative estimate of drug-likeness (QED) is 0.336. The largest absolute Gasteiger partial charge is 0.497 e. The van der Waals surface area contributed by atoms with E-state index >= 15 is 0 Å². The van der Waals surface area contributed by atoms with E-state index in [1.807, 2.05) is 30.3 Å². The second kappa shape index (κ2) is 10.6. The number of carbonyl (C=O) groups is 2. The van der Waals surface area contributed by atoms with Crippen molar-refractivity contribution in [1.82, 2.24) is 10.2 Å². The summed E-state index contributed by atoms with van der Waals surface area (Å²) >= 11 is 0. The molecule has 0 aromatic heterocycles. The minimum Gasteiger partial charge on any atom is -0.497 e. The summed E-state index contributed by atoms with van der Waals surface area (Å²) in [6, 6.07) is 8.97. The van der Waals surface area contributed by atoms with Crippen LogP contribution in [-0.2, 0) is 16.0 Å². The van der Waals surface area contributed by atoms with Crippen molar-refractivity contribution in [3.8, 4) is 17.2 Å². The van der Waals surface area contributed by atoms with Crippen LogP contribution in [0.2, 0.25) is 0 Å². The van der Waals surface area contributed by atoms with Crippen LogP contribution in [0, 0.1) is 5.41 Å². The van der Waals surface area contributed by atoms with E-state index in [9.17, 15) is 14.7 Å². The summed E-state index contributed by atoms with van der Waals surface area (Å²) < 4.78 is 21.6. The van der Waals surface area contributed by atoms with Gasteiger partial charge in [-0.15, -0.1) is 0 Å². The lowest BCUT2D eigenvalue weighted by molar-refractivity contribution is -0.139. The van der Waals surface area contributed by atoms with Gasteiger partial charge in [-0.1, -0.05) is 26.8 Å². The van der Waals surface area contributed by atoms with Crippen molar-refractivity contribution in [1.29, 1.82) is 0 Å². The van der Waals surface area contributed by atoms with Crippen LogP contribution >= 0.6 is 0 Å². The normalized spacial score (nSPS) is 17.3. The second-order valence-corrected chi connectivity index (χ2v) is 10.6. The molecule has 0 fully saturated rings. The smallest absolute Gasteiger partial charge is 0.408 e. The van der Waals surface area contributed by atoms with Crippen LogP contribution < -0.4 is 19.5 Å². The zero-order valence-corrected chi connectivity index (χ0v) is 23.0. The highest BCUT2D eigenvalue weighted by atomic mass is 16.5. The van der Waals surface area contributed by atoms with Crippen molar-refractivity contribution < 1.29 is 33.6 Å². The van der Waals surface area contributed by atoms with Gasteiger partial charge in [-0.05, 0) is 68.8 Å². The number of hydrogen-bond acceptors (Lipinski definition) is 7. The number of amides is 1. The first kappa shape index (κ1) is 27.3. The first-order chi connectivity index (χ1) is 18.0. The standard InChI is InChI=1S/C29H36N2O7/c1-29(2,3)27-26-18-9-8-17(35-4)11-19(18)20-12-23(36-5)24(37-6)13-21(20)22(26)10-16(31(27)28(33)34)14-30-15-25(32)38-7/h8-9,11-13,16,27,30H,10,14-15H2,1-7H3,(H,33,34)/t16?,27-/m1/s1. The average molecular weight is 525 g/mol. The van der Waals surface area contributed by atoms with E-state index in [0.717, 1.165) is 32.7 Å². The van der Waals surface area contributed by atoms with E-state index in [2.05, 4.69) is 26.1 Å². The summed E-state index contributed by atoms with van der Waals surface area (Å²) in [6.07, 6.45) is -0.550. The van der Waals surface area contributed by atoms with Crippen molar-refractivity contribution in [3.05, 3.63) is 41.5 Å². The number of hydrogen-bond donors (Lipinski definition) is 2. The fraction of sp³-hybridized carbons (Fsp3) is 0.448. The molecule has 0 spiro atoms. The lowest BCUT2D eigenvalue weighted by Crippen LogP contribution is -2.54. The van der Waals surface area contributed by atoms with Crippen LogP contribution in [0.5, 0.6) is 17.2 Å². The molecular weight excluding hydrogens is 488 g/mol. The van der Waals surface area contributed by atoms with Gasteiger partial charge >= 0.3 is 12.1 Å². The third kappa shape index (κ3) is 4.78. The molecule has 9 heteroatoms. The predicted molar refractivity (Wildman–Crippen MR) is 146 cm³/mol. The fourth-order valence-electron chi connectivity index (χ4n) is 5.68. The molecule has 4 rings (SSSR count). The number of carboxylic acid groups (broad SMARTS) is 1. The Morgan fingerprint density at radius 3 is 2.13 bits per heavy atom. The maximum absolute atomic E-state index is 12.8. The Labute approximate surface area is 222 Å². The average Bonchev–Trinajstić information content (AvgIpc) is 2.90. The summed E-state index contributed by atoms with van der Waals surface area (Å²) in [4.78, 5) is 26.1. The molecule has 1 unspecified atom stereocenters. The lowest BCUT2D eigenvalue weighted by atomic mass is 9.72. The topological polar surface area (TPSA) is 107 Å². The molecule has 0 radical (unpaired) electrons. The number of methoxy groups -OCH3 is 4. The molecule has 9 nitrogen and oxygen atoms in total. The molecule has 3 aromatic rings. The van der Waals surface area contributed by atoms with Gasteiger partial charge in [0.05, 0.1) is 47.1 Å². The van der Waals surface area contributed by atoms with Crippen molar-refractivity contribution in [2.45, 2.75) is 39.3 Å². The van der Waals surface area contributed by atoms with Gasteiger partial charge in [-0.3, -0.25) is 9.69 Å². The molecule has 3 aromatic carbocycles. The van der Waals surface area contributed by atoms with Crippen LogP contribution in [0.4, 0.5) is 4.79 Å². The van der Waals surface area contributed by atoms with Crippen LogP contribution in [-0.4, -0.2) is 69.6 Å². The summed E-state index contributed by atoms with van der Waals surface area (Å²) in [5, 5.41) is 17.4. The first-order valence-electron chi connectivity index (χ1n) is 12.5. The molecular formula is C29H36N2O7. The van der Waals surface area contributed by atoms with E-state index in [4.69, 9.17) is 18.9 Å². The zero-order valence-electron chi connectivity index (χ0n) is 23.0. The second-order valence-electron chi connectivity index (χ2n) is 10.6. The number of ether oxygens (including phenoxy) is 4. The summed E-state index contributed by atoms with van der Waals surface area (Å²) in [7, 11) is 6.16. The monoisotopic (exact) mass is 524 g/mol. The molecule has 1 amide bonds. The number of esters is 1. The number of rotatable bonds is 7. The number of benzene rings is 3. The summed E-state index contributed by atoms with van der Waals surface area (Å²) in [5.74, 6) is 1.50. The molecule has 1 aliphatic heterocycles. The Kier molecular flexibility index (Phi) is 7.60. The van der Waals surface area contributed by atoms with Crippen molar-refractivity contribution in [2.75, 3.05) is 41.5 Å². The predicted octanol–water partition coefficient (Wildman–Crippen LogP) is 4.77. The van der Waals surface area contributed by atoms with Crippen LogP contribution in [0.3, 0.4) is 0 Å². The Balaban J connectivity index is 2.06. The van der Waals surface area contributed by atoms with E-state index in [1.54, 1.807) is 26.2 Å². The highest BCUT2D eigenvalue weighted by molar-refractivity contribution is 6.12. The Morgan fingerprint density at radius 1 is 0.947 bits per heavy atom. The number of carbonyl (C=O) groups excluding carboxylic acids is 1. The summed E-state index contributed by atoms with van der Waals surface area (Å²) in [6.45, 7) is 6.45. The number of nitrogens with zero attached hydrogens (tertiary/aromatic N) is 1. The van der Waals surface area contributed by atoms with Gasteiger partial charge in [0.1, 0.15) is 5.75 Å². The molecule has 1 aliphatic rings. The molecule has 1 heterocycles. The molecule has 38 heavy (non-hydrogen) atoms. The number of nitrogens with one attached hydrogen (secondary N) is 1. The zero-order chi connectivity index (χ0) is 27.8. The third-order valence-corrected chi connectivity index (χ3v) is 7.28. The van der Waals surface area contributed by atoms with Crippen molar-refractivity contribution in [3.63, 3.8) is 0 Å². The van der Waals surface area contributed by atoms with Gasteiger partial charge in [0.15, 0.2) is 11.5 Å². The van der Waals surface area contributed by atoms with Gasteiger partial charge in [0.25, 0.3) is 0 Å². The van der Waals surface area contributed by atoms with Gasteiger partial charge in [-0.25, -0.2) is 4.79 Å². The third-order valence-electron chi connectivity index (χ3n) is 7.28. The van der Waals surface area contributed by atoms with Crippen molar-refractivity contribution >= 4 is 33.6 Å². The molecule has 0 aliphatic carbocycles. The van der Waals surface area contributed by atoms with E-state index < -0.39 is 29.6 Å². The van der Waals surface area contributed by atoms with Gasteiger partial charge in [0.2, 0.25) is 0 Å². The Bertz CT molecular complexity index is 1380. The van der Waals surface area contributed by atoms with E-state index in [0.29, 0.717) is 30.2 Å². The molecule has 0 saturated carbocycles. The lowest BCUT2D eigenvalue weighted by Gasteiger charge is -2.48. The summed E-state index contributed by atoms with van der Waals surface area (Å²) in [5.41, 5.74) is 1.59. The minimum atomic E-state index is -1.01. The minimum absolute atomic E-state index is 0.00319. The first-order valence-corrected chi connectivity index (χ1v) is 12.5. The van der Waals surface area contributed by atoms with E-state index in [1.165, 1.54) is 7.11 Å². The van der Waals surface area contributed by atoms with Crippen LogP contribution in [0.1, 0.15) is 37.9 Å². The molecule has 204 valence electrons. The molecule has 0 saturated heterocycles. The van der Waals surface area contributed by atoms with Crippen molar-refractivity contribution in [2.24, 2.45) is 5.41 Å². The van der Waals surface area contributed by atoms with Gasteiger partial charge < -0.3 is 29.4 Å². The highest BCUT2D eigenvalue weighted by Crippen LogP contribution is 2.51. The molecule has 2 atom stereocenters. The Morgan fingerprint density at radius 2 is 1.58 bits per heavy atom. The van der Waals surface area contributed by atoms with Crippen LogP contribution in [0.25, 0.3) is 21.5 Å². The fourth-order valence-corrected chi connectivity index (χ4v) is 5.68.